The van der Waals surface area contributed by atoms with Gasteiger partial charge >= 0.3 is 0 Å². The van der Waals surface area contributed by atoms with Gasteiger partial charge in [0.15, 0.2) is 5.16 Å². The number of aromatic nitrogens is 2. The molecule has 172 valence electrons. The van der Waals surface area contributed by atoms with Crippen LogP contribution < -0.4 is 10.2 Å². The second kappa shape index (κ2) is 11.0. The Labute approximate surface area is 202 Å². The fourth-order valence-electron chi connectivity index (χ4n) is 3.64. The second-order valence-corrected chi connectivity index (χ2v) is 9.63. The molecule has 0 unspecified atom stereocenters. The number of hydrogen-bond acceptors (Lipinski definition) is 5. The van der Waals surface area contributed by atoms with Crippen molar-refractivity contribution >= 4 is 35.1 Å². The number of thioether (sulfide) groups is 1. The van der Waals surface area contributed by atoms with Gasteiger partial charge in [-0.3, -0.25) is 4.79 Å². The molecule has 0 spiro atoms. The topological polar surface area (TPSA) is 58.1 Å². The lowest BCUT2D eigenvalue weighted by molar-refractivity contribution is 0.0951. The summed E-state index contributed by atoms with van der Waals surface area (Å²) in [6, 6.07) is 15.4. The van der Waals surface area contributed by atoms with Gasteiger partial charge in [-0.1, -0.05) is 54.6 Å². The molecule has 0 radical (unpaired) electrons. The first kappa shape index (κ1) is 23.5. The number of piperidine rings is 1. The minimum absolute atomic E-state index is 0.169. The van der Waals surface area contributed by atoms with Crippen molar-refractivity contribution in [2.24, 2.45) is 5.92 Å². The molecule has 1 N–H and O–H groups in total. The quantitative estimate of drug-likeness (QED) is 0.264. The van der Waals surface area contributed by atoms with Crippen LogP contribution in [-0.4, -0.2) is 29.0 Å². The lowest BCUT2D eigenvalue weighted by atomic mass is 9.99. The number of nitrogens with zero attached hydrogens (tertiary/aromatic N) is 3. The summed E-state index contributed by atoms with van der Waals surface area (Å²) in [6.45, 7) is 4.61. The summed E-state index contributed by atoms with van der Waals surface area (Å²) in [5.41, 5.74) is 2.48. The minimum Gasteiger partial charge on any atom is -0.356 e. The number of anilines is 1. The van der Waals surface area contributed by atoms with Crippen LogP contribution in [0.2, 0.25) is 5.15 Å². The first-order valence-electron chi connectivity index (χ1n) is 11.0. The molecule has 1 aliphatic rings. The smallest absolute Gasteiger partial charge is 0.251 e. The molecule has 8 heteroatoms. The van der Waals surface area contributed by atoms with Crippen molar-refractivity contribution in [3.05, 3.63) is 82.3 Å². The van der Waals surface area contributed by atoms with Crippen molar-refractivity contribution < 1.29 is 9.18 Å². The predicted molar refractivity (Wildman–Crippen MR) is 131 cm³/mol. The SMILES string of the molecule is CC1CCN(c2cc(Cl)nc(SCc3ccc(C(=O)NCc4ccc(F)cc4)cc3)n2)CC1. The van der Waals surface area contributed by atoms with Gasteiger partial charge in [-0.05, 0) is 54.2 Å². The third-order valence-electron chi connectivity index (χ3n) is 5.72. The van der Waals surface area contributed by atoms with E-state index in [1.54, 1.807) is 24.3 Å². The van der Waals surface area contributed by atoms with Gasteiger partial charge in [0.05, 0.1) is 0 Å². The second-order valence-electron chi connectivity index (χ2n) is 8.30. The minimum atomic E-state index is -0.293. The molecule has 2 aromatic carbocycles. The Bertz CT molecular complexity index is 1090. The number of carbonyl (C=O) groups is 1. The van der Waals surface area contributed by atoms with E-state index in [0.29, 0.717) is 28.2 Å². The first-order chi connectivity index (χ1) is 16.0. The van der Waals surface area contributed by atoms with Gasteiger partial charge in [-0.15, -0.1) is 0 Å². The molecule has 2 heterocycles. The molecule has 0 saturated carbocycles. The molecule has 5 nitrogen and oxygen atoms in total. The molecule has 1 fully saturated rings. The summed E-state index contributed by atoms with van der Waals surface area (Å²) < 4.78 is 13.0. The van der Waals surface area contributed by atoms with E-state index in [4.69, 9.17) is 16.6 Å². The molecule has 3 aromatic rings. The van der Waals surface area contributed by atoms with Gasteiger partial charge in [0.25, 0.3) is 5.91 Å². The van der Waals surface area contributed by atoms with Crippen molar-refractivity contribution in [3.8, 4) is 0 Å². The molecule has 33 heavy (non-hydrogen) atoms. The summed E-state index contributed by atoms with van der Waals surface area (Å²) in [7, 11) is 0. The fourth-order valence-corrected chi connectivity index (χ4v) is 4.67. The normalized spacial score (nSPS) is 14.3. The van der Waals surface area contributed by atoms with E-state index in [-0.39, 0.29) is 11.7 Å². The molecular weight excluding hydrogens is 459 g/mol. The maximum atomic E-state index is 13.0. The zero-order valence-corrected chi connectivity index (χ0v) is 20.0. The van der Waals surface area contributed by atoms with E-state index < -0.39 is 0 Å². The highest BCUT2D eigenvalue weighted by Gasteiger charge is 2.18. The van der Waals surface area contributed by atoms with E-state index in [2.05, 4.69) is 22.1 Å². The lowest BCUT2D eigenvalue weighted by Gasteiger charge is -2.31. The van der Waals surface area contributed by atoms with Crippen molar-refractivity contribution in [1.29, 1.82) is 0 Å². The van der Waals surface area contributed by atoms with E-state index in [0.717, 1.165) is 48.8 Å². The molecule has 0 atom stereocenters. The van der Waals surface area contributed by atoms with Crippen molar-refractivity contribution in [3.63, 3.8) is 0 Å². The van der Waals surface area contributed by atoms with Gasteiger partial charge in [-0.2, -0.15) is 0 Å². The third kappa shape index (κ3) is 6.68. The number of nitrogens with one attached hydrogen (secondary N) is 1. The number of benzene rings is 2. The zero-order chi connectivity index (χ0) is 23.2. The highest BCUT2D eigenvalue weighted by Crippen LogP contribution is 2.27. The van der Waals surface area contributed by atoms with Gasteiger partial charge in [0, 0.05) is 37.0 Å². The van der Waals surface area contributed by atoms with Crippen LogP contribution in [0, 0.1) is 11.7 Å². The Hall–Kier alpha value is -2.64. The van der Waals surface area contributed by atoms with Crippen LogP contribution in [0.3, 0.4) is 0 Å². The summed E-state index contributed by atoms with van der Waals surface area (Å²) in [5, 5.41) is 3.96. The highest BCUT2D eigenvalue weighted by molar-refractivity contribution is 7.98. The highest BCUT2D eigenvalue weighted by atomic mass is 35.5. The molecule has 1 aromatic heterocycles. The molecule has 4 rings (SSSR count). The standard InChI is InChI=1S/C25H26ClFN4OS/c1-17-10-12-31(13-11-17)23-14-22(26)29-25(30-23)33-16-19-2-6-20(7-3-19)24(32)28-15-18-4-8-21(27)9-5-18/h2-9,14,17H,10-13,15-16H2,1H3,(H,28,32). The summed E-state index contributed by atoms with van der Waals surface area (Å²) in [6.07, 6.45) is 2.32. The Morgan fingerprint density at radius 3 is 2.45 bits per heavy atom. The maximum Gasteiger partial charge on any atom is 0.251 e. The van der Waals surface area contributed by atoms with Gasteiger partial charge in [-0.25, -0.2) is 14.4 Å². The Morgan fingerprint density at radius 1 is 1.09 bits per heavy atom. The average molecular weight is 485 g/mol. The van der Waals surface area contributed by atoms with Crippen LogP contribution >= 0.6 is 23.4 Å². The zero-order valence-electron chi connectivity index (χ0n) is 18.4. The number of amides is 1. The molecule has 1 saturated heterocycles. The summed E-state index contributed by atoms with van der Waals surface area (Å²) >= 11 is 7.79. The van der Waals surface area contributed by atoms with Crippen LogP contribution in [0.1, 0.15) is 41.3 Å². The molecular formula is C25H26ClFN4OS. The Kier molecular flexibility index (Phi) is 7.83. The van der Waals surface area contributed by atoms with Gasteiger partial charge in [0.1, 0.15) is 16.8 Å². The fraction of sp³-hybridized carbons (Fsp3) is 0.320. The average Bonchev–Trinajstić information content (AvgIpc) is 2.82. The molecule has 1 amide bonds. The number of carbonyl (C=O) groups excluding carboxylic acids is 1. The molecule has 0 aliphatic carbocycles. The predicted octanol–water partition coefficient (Wildman–Crippen LogP) is 5.73. The van der Waals surface area contributed by atoms with Crippen LogP contribution in [0.15, 0.2) is 59.8 Å². The van der Waals surface area contributed by atoms with Gasteiger partial charge < -0.3 is 10.2 Å². The van der Waals surface area contributed by atoms with Crippen molar-refractivity contribution in [1.82, 2.24) is 15.3 Å². The van der Waals surface area contributed by atoms with E-state index in [1.807, 2.05) is 18.2 Å². The Balaban J connectivity index is 1.32. The van der Waals surface area contributed by atoms with Crippen molar-refractivity contribution in [2.75, 3.05) is 18.0 Å². The van der Waals surface area contributed by atoms with Gasteiger partial charge in [0.2, 0.25) is 0 Å². The van der Waals surface area contributed by atoms with Crippen LogP contribution in [-0.2, 0) is 12.3 Å². The van der Waals surface area contributed by atoms with Crippen LogP contribution in [0.4, 0.5) is 10.2 Å². The summed E-state index contributed by atoms with van der Waals surface area (Å²) in [5.74, 6) is 1.85. The monoisotopic (exact) mass is 484 g/mol. The van der Waals surface area contributed by atoms with E-state index in [9.17, 15) is 9.18 Å². The Morgan fingerprint density at radius 2 is 1.76 bits per heavy atom. The number of hydrogen-bond donors (Lipinski definition) is 1. The summed E-state index contributed by atoms with van der Waals surface area (Å²) in [4.78, 5) is 23.7. The maximum absolute atomic E-state index is 13.0. The molecule has 0 bridgehead atoms. The van der Waals surface area contributed by atoms with Crippen molar-refractivity contribution in [2.45, 2.75) is 37.2 Å². The van der Waals surface area contributed by atoms with Crippen LogP contribution in [0.25, 0.3) is 0 Å². The largest absolute Gasteiger partial charge is 0.356 e. The first-order valence-corrected chi connectivity index (χ1v) is 12.4. The third-order valence-corrected chi connectivity index (χ3v) is 6.83. The number of halogens is 2. The number of rotatable bonds is 7. The van der Waals surface area contributed by atoms with Crippen LogP contribution in [0.5, 0.6) is 0 Å². The van der Waals surface area contributed by atoms with E-state index >= 15 is 0 Å². The molecule has 1 aliphatic heterocycles. The van der Waals surface area contributed by atoms with E-state index in [1.165, 1.54) is 23.9 Å². The lowest BCUT2D eigenvalue weighted by Crippen LogP contribution is -2.33.